The molecule has 0 aliphatic rings. The zero-order chi connectivity index (χ0) is 22.4. The molecule has 3 aromatic rings. The number of hydrogen-bond donors (Lipinski definition) is 2. The number of benzene rings is 3. The standard InChI is InChI=1S/C23H19ClF2N2O2S/c1-2-20(14-6-8-15(24)9-7-14)31-17-12-10-16(11-13-17)27-23(30)28-22(29)21-18(25)4-3-5-19(21)26/h3-13,20H,2H2,1H3,(H2,27,28,29,30). The summed E-state index contributed by atoms with van der Waals surface area (Å²) in [5.41, 5.74) is 0.790. The van der Waals surface area contributed by atoms with Crippen LogP contribution in [0.4, 0.5) is 19.3 Å². The van der Waals surface area contributed by atoms with E-state index in [9.17, 15) is 18.4 Å². The van der Waals surface area contributed by atoms with Gasteiger partial charge in [-0.05, 0) is 60.5 Å². The number of thioether (sulfide) groups is 1. The molecular formula is C23H19ClF2N2O2S. The van der Waals surface area contributed by atoms with Gasteiger partial charge in [0.05, 0.1) is 0 Å². The summed E-state index contributed by atoms with van der Waals surface area (Å²) in [6, 6.07) is 16.9. The Morgan fingerprint density at radius 2 is 1.58 bits per heavy atom. The van der Waals surface area contributed by atoms with E-state index in [2.05, 4.69) is 12.2 Å². The van der Waals surface area contributed by atoms with Crippen LogP contribution in [0.3, 0.4) is 0 Å². The lowest BCUT2D eigenvalue weighted by Gasteiger charge is -2.15. The number of carbonyl (C=O) groups excluding carboxylic acids is 2. The molecule has 3 aromatic carbocycles. The summed E-state index contributed by atoms with van der Waals surface area (Å²) in [4.78, 5) is 25.0. The average molecular weight is 461 g/mol. The summed E-state index contributed by atoms with van der Waals surface area (Å²) < 4.78 is 27.3. The van der Waals surface area contributed by atoms with Crippen molar-refractivity contribution in [1.82, 2.24) is 5.32 Å². The van der Waals surface area contributed by atoms with Crippen LogP contribution in [0.15, 0.2) is 71.6 Å². The van der Waals surface area contributed by atoms with Gasteiger partial charge in [0.1, 0.15) is 17.2 Å². The highest BCUT2D eigenvalue weighted by atomic mass is 35.5. The van der Waals surface area contributed by atoms with Crippen LogP contribution in [0.25, 0.3) is 0 Å². The van der Waals surface area contributed by atoms with Crippen molar-refractivity contribution in [3.8, 4) is 0 Å². The van der Waals surface area contributed by atoms with Crippen molar-refractivity contribution in [3.05, 3.63) is 94.5 Å². The molecule has 0 bridgehead atoms. The highest BCUT2D eigenvalue weighted by molar-refractivity contribution is 7.99. The summed E-state index contributed by atoms with van der Waals surface area (Å²) in [5, 5.41) is 5.33. The van der Waals surface area contributed by atoms with Crippen LogP contribution in [-0.4, -0.2) is 11.9 Å². The average Bonchev–Trinajstić information content (AvgIpc) is 2.73. The second-order valence-corrected chi connectivity index (χ2v) is 8.31. The fraction of sp³-hybridized carbons (Fsp3) is 0.130. The normalized spacial score (nSPS) is 11.6. The molecule has 0 saturated heterocycles. The van der Waals surface area contributed by atoms with E-state index >= 15 is 0 Å². The quantitative estimate of drug-likeness (QED) is 0.396. The predicted molar refractivity (Wildman–Crippen MR) is 120 cm³/mol. The van der Waals surface area contributed by atoms with Crippen molar-refractivity contribution in [2.75, 3.05) is 5.32 Å². The topological polar surface area (TPSA) is 58.2 Å². The maximum atomic E-state index is 13.7. The van der Waals surface area contributed by atoms with Crippen molar-refractivity contribution >= 4 is 41.0 Å². The van der Waals surface area contributed by atoms with Gasteiger partial charge in [-0.15, -0.1) is 11.8 Å². The van der Waals surface area contributed by atoms with Gasteiger partial charge in [0.2, 0.25) is 0 Å². The van der Waals surface area contributed by atoms with Crippen LogP contribution in [0.5, 0.6) is 0 Å². The molecule has 3 amide bonds. The molecule has 0 fully saturated rings. The number of anilines is 1. The summed E-state index contributed by atoms with van der Waals surface area (Å²) in [6.07, 6.45) is 0.920. The van der Waals surface area contributed by atoms with Crippen LogP contribution in [-0.2, 0) is 0 Å². The molecule has 4 nitrogen and oxygen atoms in total. The highest BCUT2D eigenvalue weighted by Gasteiger charge is 2.19. The molecule has 2 N–H and O–H groups in total. The molecule has 0 aromatic heterocycles. The lowest BCUT2D eigenvalue weighted by Crippen LogP contribution is -2.35. The minimum atomic E-state index is -1.16. The van der Waals surface area contributed by atoms with E-state index in [4.69, 9.17) is 11.6 Å². The molecule has 3 rings (SSSR count). The Kier molecular flexibility index (Phi) is 7.65. The fourth-order valence-corrected chi connectivity index (χ4v) is 4.10. The van der Waals surface area contributed by atoms with Gasteiger partial charge in [-0.3, -0.25) is 10.1 Å². The zero-order valence-electron chi connectivity index (χ0n) is 16.5. The molecule has 0 saturated carbocycles. The first kappa shape index (κ1) is 22.8. The van der Waals surface area contributed by atoms with E-state index < -0.39 is 29.1 Å². The van der Waals surface area contributed by atoms with Crippen molar-refractivity contribution in [1.29, 1.82) is 0 Å². The minimum absolute atomic E-state index is 0.243. The lowest BCUT2D eigenvalue weighted by atomic mass is 10.1. The first-order valence-corrected chi connectivity index (χ1v) is 10.7. The number of halogens is 3. The molecule has 0 aliphatic heterocycles. The van der Waals surface area contributed by atoms with Crippen LogP contribution in [0, 0.1) is 11.6 Å². The largest absolute Gasteiger partial charge is 0.326 e. The van der Waals surface area contributed by atoms with Gasteiger partial charge in [0.25, 0.3) is 5.91 Å². The first-order valence-electron chi connectivity index (χ1n) is 9.46. The van der Waals surface area contributed by atoms with E-state index in [1.165, 1.54) is 0 Å². The molecule has 0 radical (unpaired) electrons. The SMILES string of the molecule is CCC(Sc1ccc(NC(=O)NC(=O)c2c(F)cccc2F)cc1)c1ccc(Cl)cc1. The number of urea groups is 1. The monoisotopic (exact) mass is 460 g/mol. The van der Waals surface area contributed by atoms with E-state index in [1.807, 2.05) is 41.7 Å². The highest BCUT2D eigenvalue weighted by Crippen LogP contribution is 2.38. The van der Waals surface area contributed by atoms with Gasteiger partial charge in [-0.25, -0.2) is 13.6 Å². The molecular weight excluding hydrogens is 442 g/mol. The van der Waals surface area contributed by atoms with Gasteiger partial charge in [0.15, 0.2) is 0 Å². The first-order chi connectivity index (χ1) is 14.9. The number of nitrogens with one attached hydrogen (secondary N) is 2. The summed E-state index contributed by atoms with van der Waals surface area (Å²) >= 11 is 7.63. The van der Waals surface area contributed by atoms with E-state index in [1.54, 1.807) is 23.9 Å². The van der Waals surface area contributed by atoms with Gasteiger partial charge in [0, 0.05) is 20.9 Å². The Morgan fingerprint density at radius 1 is 0.968 bits per heavy atom. The number of carbonyl (C=O) groups is 2. The number of rotatable bonds is 6. The molecule has 1 unspecified atom stereocenters. The molecule has 31 heavy (non-hydrogen) atoms. The Balaban J connectivity index is 1.60. The van der Waals surface area contributed by atoms with Crippen molar-refractivity contribution in [2.24, 2.45) is 0 Å². The third-order valence-corrected chi connectivity index (χ3v) is 6.11. The third kappa shape index (κ3) is 6.06. The van der Waals surface area contributed by atoms with Crippen molar-refractivity contribution < 1.29 is 18.4 Å². The van der Waals surface area contributed by atoms with Crippen LogP contribution >= 0.6 is 23.4 Å². The predicted octanol–water partition coefficient (Wildman–Crippen LogP) is 6.82. The fourth-order valence-electron chi connectivity index (χ4n) is 2.89. The Hall–Kier alpha value is -2.90. The van der Waals surface area contributed by atoms with Gasteiger partial charge in [-0.2, -0.15) is 0 Å². The Labute approximate surface area is 188 Å². The maximum Gasteiger partial charge on any atom is 0.326 e. The molecule has 1 atom stereocenters. The number of hydrogen-bond acceptors (Lipinski definition) is 3. The second-order valence-electron chi connectivity index (χ2n) is 6.60. The maximum absolute atomic E-state index is 13.7. The van der Waals surface area contributed by atoms with E-state index in [0.29, 0.717) is 10.7 Å². The van der Waals surface area contributed by atoms with Crippen LogP contribution in [0.1, 0.15) is 34.5 Å². The zero-order valence-corrected chi connectivity index (χ0v) is 18.1. The van der Waals surface area contributed by atoms with Crippen molar-refractivity contribution in [3.63, 3.8) is 0 Å². The number of amides is 3. The van der Waals surface area contributed by atoms with Gasteiger partial charge < -0.3 is 5.32 Å². The molecule has 8 heteroatoms. The molecule has 0 aliphatic carbocycles. The minimum Gasteiger partial charge on any atom is -0.308 e. The second kappa shape index (κ2) is 10.4. The summed E-state index contributed by atoms with van der Waals surface area (Å²) in [7, 11) is 0. The molecule has 160 valence electrons. The molecule has 0 heterocycles. The smallest absolute Gasteiger partial charge is 0.308 e. The Morgan fingerprint density at radius 3 is 2.16 bits per heavy atom. The van der Waals surface area contributed by atoms with E-state index in [0.717, 1.165) is 35.1 Å². The van der Waals surface area contributed by atoms with Crippen molar-refractivity contribution in [2.45, 2.75) is 23.5 Å². The van der Waals surface area contributed by atoms with Gasteiger partial charge >= 0.3 is 6.03 Å². The van der Waals surface area contributed by atoms with Crippen LogP contribution in [0.2, 0.25) is 5.02 Å². The third-order valence-electron chi connectivity index (χ3n) is 4.42. The molecule has 0 spiro atoms. The summed E-state index contributed by atoms with van der Waals surface area (Å²) in [5.74, 6) is -3.25. The Bertz CT molecular complexity index is 1060. The number of imide groups is 1. The summed E-state index contributed by atoms with van der Waals surface area (Å²) in [6.45, 7) is 2.10. The van der Waals surface area contributed by atoms with Crippen LogP contribution < -0.4 is 10.6 Å². The van der Waals surface area contributed by atoms with Gasteiger partial charge in [-0.1, -0.05) is 36.7 Å². The van der Waals surface area contributed by atoms with E-state index in [-0.39, 0.29) is 5.25 Å². The lowest BCUT2D eigenvalue weighted by molar-refractivity contribution is 0.0959.